The Hall–Kier alpha value is -3.60. The zero-order valence-electron chi connectivity index (χ0n) is 28.5. The first-order chi connectivity index (χ1) is 23.3. The second-order valence-electron chi connectivity index (χ2n) is 12.7. The third-order valence-electron chi connectivity index (χ3n) is 9.58. The fourth-order valence-electron chi connectivity index (χ4n) is 7.86. The van der Waals surface area contributed by atoms with Gasteiger partial charge >= 0.3 is 128 Å². The molecule has 0 amide bonds. The van der Waals surface area contributed by atoms with Crippen molar-refractivity contribution < 1.29 is 55.2 Å². The van der Waals surface area contributed by atoms with Gasteiger partial charge in [0.25, 0.3) is 0 Å². The van der Waals surface area contributed by atoms with Gasteiger partial charge in [-0.25, -0.2) is 0 Å². The Morgan fingerprint density at radius 3 is 2.14 bits per heavy atom. The molecule has 0 N–H and O–H groups in total. The zero-order chi connectivity index (χ0) is 35.6. The molecule has 6 rings (SSSR count). The maximum Gasteiger partial charge on any atom is 0.188 e. The molecule has 0 bridgehead atoms. The van der Waals surface area contributed by atoms with Gasteiger partial charge in [0.2, 0.25) is 0 Å². The van der Waals surface area contributed by atoms with Crippen molar-refractivity contribution in [3.05, 3.63) is 62.7 Å². The topological polar surface area (TPSA) is 159 Å². The van der Waals surface area contributed by atoms with E-state index in [4.69, 9.17) is 31.2 Å². The molecule has 268 valence electrons. The Bertz CT molecular complexity index is 1590. The number of fused-ring (bicyclic) bond motifs is 6. The van der Waals surface area contributed by atoms with Crippen molar-refractivity contribution in [3.63, 3.8) is 0 Å². The number of hydrogen-bond acceptors (Lipinski definition) is 13. The van der Waals surface area contributed by atoms with Gasteiger partial charge in [0.15, 0.2) is 12.6 Å². The number of rotatable bonds is 9. The molecule has 1 heterocycles. The van der Waals surface area contributed by atoms with E-state index in [1.807, 2.05) is 12.1 Å². The molecule has 5 atom stereocenters. The molecule has 4 aliphatic rings. The van der Waals surface area contributed by atoms with Crippen LogP contribution in [0, 0.1) is 20.8 Å². The molecule has 2 fully saturated rings. The van der Waals surface area contributed by atoms with Crippen LogP contribution in [0.1, 0.15) is 92.0 Å². The molecule has 49 heavy (non-hydrogen) atoms. The summed E-state index contributed by atoms with van der Waals surface area (Å²) in [5, 5.41) is 0. The zero-order valence-corrected chi connectivity index (χ0v) is 30.6. The van der Waals surface area contributed by atoms with Crippen LogP contribution >= 0.6 is 18.7 Å². The first-order valence-electron chi connectivity index (χ1n) is 16.0. The summed E-state index contributed by atoms with van der Waals surface area (Å²) in [4.78, 5) is 59.7. The van der Waals surface area contributed by atoms with Crippen molar-refractivity contribution in [3.8, 4) is 5.75 Å². The number of carbonyl (C=O) groups excluding carboxylic acids is 5. The predicted octanol–water partition coefficient (Wildman–Crippen LogP) is 6.11. The largest absolute Gasteiger partial charge is 0.468 e. The van der Waals surface area contributed by atoms with Crippen molar-refractivity contribution in [2.45, 2.75) is 71.8 Å². The third kappa shape index (κ3) is 6.92. The minimum Gasteiger partial charge on any atom is -0.468 e. The molecule has 0 saturated heterocycles. The summed E-state index contributed by atoms with van der Waals surface area (Å²) in [5.41, 5.74) is 2.22. The Balaban J connectivity index is 0.000000196. The second-order valence-corrected chi connectivity index (χ2v) is 19.6. The van der Waals surface area contributed by atoms with Gasteiger partial charge in [0.05, 0.1) is 6.10 Å². The van der Waals surface area contributed by atoms with Crippen LogP contribution in [0.25, 0.3) is 0 Å². The molecule has 14 heteroatoms. The fraction of sp³-hybridized carbons (Fsp3) is 0.514. The average Bonchev–Trinajstić information content (AvgIpc) is 3.49. The molecule has 1 aliphatic heterocycles. The van der Waals surface area contributed by atoms with Crippen LogP contribution in [0.15, 0.2) is 42.5 Å². The van der Waals surface area contributed by atoms with E-state index in [0.717, 1.165) is 52.0 Å². The maximum absolute atomic E-state index is 13.0. The number of benzene rings is 2. The van der Waals surface area contributed by atoms with E-state index in [-0.39, 0.29) is 33.2 Å². The van der Waals surface area contributed by atoms with E-state index >= 15 is 0 Å². The van der Waals surface area contributed by atoms with Crippen LogP contribution in [0.2, 0.25) is 0 Å². The quantitative estimate of drug-likeness (QED) is 0.212. The van der Waals surface area contributed by atoms with Gasteiger partial charge in [-0.1, -0.05) is 13.0 Å². The molecule has 0 aromatic heterocycles. The van der Waals surface area contributed by atoms with Gasteiger partial charge in [-0.2, -0.15) is 0 Å². The van der Waals surface area contributed by atoms with Gasteiger partial charge in [-0.15, -0.1) is 0 Å². The molecule has 13 nitrogen and oxygen atoms in total. The molecule has 2 saturated carbocycles. The fourth-order valence-corrected chi connectivity index (χ4v) is 15.6. The standard InChI is InChI=1S/C22H30O5.C13H13IO8/c1-22-9-8-16-15-5-4-14(26-12-24-2)10-18(15)20(23)11-17(16)19(22)6-7-21(22)27-13-25-3;1-8(15)19-14(20-9(2)16,21-10(3)17)12-7-5-4-6-11(12)13(18)22-14/h4-5,10,16-17,19,21H,6-9,11-13H2,1-3H3;4-7H,1-3H3/t16-,17-,19+,21+,22+;/m1./s1. The molecule has 0 unspecified atom stereocenters. The van der Waals surface area contributed by atoms with E-state index < -0.39 is 42.6 Å². The van der Waals surface area contributed by atoms with Gasteiger partial charge in [-0.05, 0) is 66.5 Å². The monoisotopic (exact) mass is 798 g/mol. The summed E-state index contributed by atoms with van der Waals surface area (Å²) in [7, 11) is 3.27. The minimum absolute atomic E-state index is 0.0142. The van der Waals surface area contributed by atoms with E-state index in [1.165, 1.54) is 23.8 Å². The number of hydrogen-bond donors (Lipinski definition) is 0. The first-order valence-corrected chi connectivity index (χ1v) is 20.6. The molecule has 2 aromatic rings. The second kappa shape index (κ2) is 14.3. The van der Waals surface area contributed by atoms with Crippen molar-refractivity contribution in [2.75, 3.05) is 27.8 Å². The number of halogens is 1. The Morgan fingerprint density at radius 1 is 0.857 bits per heavy atom. The summed E-state index contributed by atoms with van der Waals surface area (Å²) in [6, 6.07) is 11.8. The van der Waals surface area contributed by atoms with E-state index in [0.29, 0.717) is 36.7 Å². The van der Waals surface area contributed by atoms with Gasteiger partial charge < -0.3 is 18.9 Å². The SMILES string of the molecule is CC(=O)OI1(OC(C)=O)(OC(C)=O)OC(=O)c2ccccc21.COCOc1ccc2c(c1)C(=O)C[C@@H]1[C@@H]2CC[C@]2(C)[C@@H](OCOC)CC[C@@H]12. The smallest absolute Gasteiger partial charge is 0.188 e. The molecular formula is C35H43IO13. The molecule has 0 radical (unpaired) electrons. The number of methoxy groups -OCH3 is 2. The van der Waals surface area contributed by atoms with Gasteiger partial charge in [0.1, 0.15) is 12.5 Å². The molecular weight excluding hydrogens is 755 g/mol. The summed E-state index contributed by atoms with van der Waals surface area (Å²) >= 11 is -6.03. The Kier molecular flexibility index (Phi) is 10.7. The maximum atomic E-state index is 13.0. The normalized spacial score (nSPS) is 27.6. The number of ketones is 1. The molecule has 0 spiro atoms. The number of Topliss-reactive ketones (excluding diaryl/α,β-unsaturated/α-hetero) is 1. The van der Waals surface area contributed by atoms with Gasteiger partial charge in [0, 0.05) is 26.2 Å². The van der Waals surface area contributed by atoms with Crippen LogP contribution in [0.3, 0.4) is 0 Å². The van der Waals surface area contributed by atoms with Crippen molar-refractivity contribution in [2.24, 2.45) is 17.3 Å². The van der Waals surface area contributed by atoms with Crippen molar-refractivity contribution in [1.29, 1.82) is 0 Å². The van der Waals surface area contributed by atoms with Crippen molar-refractivity contribution in [1.82, 2.24) is 0 Å². The van der Waals surface area contributed by atoms with Crippen LogP contribution < -0.4 is 4.74 Å². The van der Waals surface area contributed by atoms with E-state index in [2.05, 4.69) is 13.0 Å². The van der Waals surface area contributed by atoms with E-state index in [1.54, 1.807) is 20.3 Å². The van der Waals surface area contributed by atoms with Crippen molar-refractivity contribution >= 4 is 48.4 Å². The summed E-state index contributed by atoms with van der Waals surface area (Å²) in [5.74, 6) is -1.26. The third-order valence-corrected chi connectivity index (χ3v) is 17.7. The first kappa shape index (κ1) is 36.7. The van der Waals surface area contributed by atoms with Crippen LogP contribution in [0.4, 0.5) is 0 Å². The molecule has 2 aromatic carbocycles. The average molecular weight is 799 g/mol. The van der Waals surface area contributed by atoms with Gasteiger partial charge in [-0.3, -0.25) is 4.79 Å². The summed E-state index contributed by atoms with van der Waals surface area (Å²) in [6.07, 6.45) is 5.35. The predicted molar refractivity (Wildman–Crippen MR) is 181 cm³/mol. The summed E-state index contributed by atoms with van der Waals surface area (Å²) in [6.45, 7) is 5.99. The van der Waals surface area contributed by atoms with Crippen LogP contribution in [0.5, 0.6) is 5.75 Å². The number of carbonyl (C=O) groups is 5. The summed E-state index contributed by atoms with van der Waals surface area (Å²) < 4.78 is 42.2. The van der Waals surface area contributed by atoms with Crippen LogP contribution in [-0.2, 0) is 40.9 Å². The molecule has 3 aliphatic carbocycles. The Morgan fingerprint density at radius 2 is 1.51 bits per heavy atom. The van der Waals surface area contributed by atoms with Crippen LogP contribution in [-0.4, -0.2) is 63.6 Å². The van der Waals surface area contributed by atoms with E-state index in [9.17, 15) is 24.0 Å². The minimum atomic E-state index is -6.03. The number of ether oxygens (including phenoxy) is 4. The Labute approximate surface area is 288 Å².